The molecule has 4 N–H and O–H groups in total. The summed E-state index contributed by atoms with van der Waals surface area (Å²) >= 11 is 0. The summed E-state index contributed by atoms with van der Waals surface area (Å²) < 4.78 is 13.2. The Bertz CT molecular complexity index is 1290. The molecule has 1 aromatic carbocycles. The lowest BCUT2D eigenvalue weighted by atomic mass is 9.65. The van der Waals surface area contributed by atoms with E-state index in [-0.39, 0.29) is 5.91 Å². The Kier molecular flexibility index (Phi) is 10.1. The predicted octanol–water partition coefficient (Wildman–Crippen LogP) is 3.90. The first-order chi connectivity index (χ1) is 21.3. The second-order valence-corrected chi connectivity index (χ2v) is 13.9. The van der Waals surface area contributed by atoms with Gasteiger partial charge in [0.2, 0.25) is 5.91 Å². The van der Waals surface area contributed by atoms with Gasteiger partial charge >= 0.3 is 0 Å². The van der Waals surface area contributed by atoms with Crippen LogP contribution in [0.1, 0.15) is 98.7 Å². The summed E-state index contributed by atoms with van der Waals surface area (Å²) in [6, 6.07) is 7.20. The molecule has 4 bridgehead atoms. The molecule has 3 saturated heterocycles. The molecule has 4 fully saturated rings. The standard InChI is InChI=1S/C35H52N2O7/c1-3-23-17-22-18-26-30(23)36(19-22)14-13-24-25-16-21(2)11-12-27(25)37(31(24)26)29(39)10-8-6-4-5-7-9-15-43-35-34(42)33(41)32(40)28(20-38)44-35/h11-12,16,22-23,26,28,30,32-35,38,40-42H,3-10,13-15,17-20H2,1-2H3/t22-,23-,26+,28+,30?,32+,33-,34+,35-/m0/s1. The average Bonchev–Trinajstić information content (AvgIpc) is 3.29. The number of carbonyl (C=O) groups excluding carboxylic acids is 1. The fourth-order valence-corrected chi connectivity index (χ4v) is 8.84. The van der Waals surface area contributed by atoms with Crippen molar-refractivity contribution in [1.29, 1.82) is 0 Å². The van der Waals surface area contributed by atoms with E-state index < -0.39 is 37.3 Å². The number of aliphatic hydroxyl groups excluding tert-OH is 4. The van der Waals surface area contributed by atoms with Crippen LogP contribution in [0.4, 0.5) is 0 Å². The maximum absolute atomic E-state index is 14.0. The second-order valence-electron chi connectivity index (χ2n) is 13.9. The Hall–Kier alpha value is -1.85. The number of piperidine rings is 2. The molecule has 0 amide bonds. The van der Waals surface area contributed by atoms with Gasteiger partial charge in [0, 0.05) is 49.2 Å². The highest BCUT2D eigenvalue weighted by Gasteiger charge is 2.50. The molecule has 0 spiro atoms. The lowest BCUT2D eigenvalue weighted by Crippen LogP contribution is -2.59. The van der Waals surface area contributed by atoms with Crippen molar-refractivity contribution >= 4 is 16.8 Å². The summed E-state index contributed by atoms with van der Waals surface area (Å²) in [7, 11) is 0. The van der Waals surface area contributed by atoms with Gasteiger partial charge in [-0.2, -0.15) is 0 Å². The Morgan fingerprint density at radius 2 is 1.80 bits per heavy atom. The molecule has 244 valence electrons. The van der Waals surface area contributed by atoms with E-state index in [1.165, 1.54) is 48.0 Å². The summed E-state index contributed by atoms with van der Waals surface area (Å²) in [6.45, 7) is 6.72. The number of hydrogen-bond acceptors (Lipinski definition) is 8. The molecule has 1 aliphatic carbocycles. The monoisotopic (exact) mass is 612 g/mol. The first-order valence-corrected chi connectivity index (χ1v) is 17.2. The Morgan fingerprint density at radius 3 is 2.57 bits per heavy atom. The molecule has 5 aliphatic rings. The lowest BCUT2D eigenvalue weighted by Gasteiger charge is -2.53. The molecular weight excluding hydrogens is 560 g/mol. The van der Waals surface area contributed by atoms with Crippen LogP contribution < -0.4 is 0 Å². The fraction of sp³-hybridized carbons (Fsp3) is 0.743. The van der Waals surface area contributed by atoms with Gasteiger partial charge in [-0.05, 0) is 68.6 Å². The minimum absolute atomic E-state index is 0.246. The number of rotatable bonds is 12. The van der Waals surface area contributed by atoms with Gasteiger partial charge in [0.05, 0.1) is 12.1 Å². The van der Waals surface area contributed by atoms with Crippen LogP contribution in [0.2, 0.25) is 0 Å². The zero-order chi connectivity index (χ0) is 31.0. The minimum Gasteiger partial charge on any atom is -0.394 e. The van der Waals surface area contributed by atoms with E-state index in [1.807, 2.05) is 0 Å². The van der Waals surface area contributed by atoms with Crippen LogP contribution in [0.5, 0.6) is 0 Å². The zero-order valence-electron chi connectivity index (χ0n) is 26.4. The van der Waals surface area contributed by atoms with Gasteiger partial charge in [0.1, 0.15) is 24.4 Å². The highest BCUT2D eigenvalue weighted by atomic mass is 16.7. The average molecular weight is 613 g/mol. The molecule has 1 aromatic heterocycles. The number of benzene rings is 1. The van der Waals surface area contributed by atoms with Gasteiger partial charge in [-0.15, -0.1) is 0 Å². The molecule has 10 atom stereocenters. The van der Waals surface area contributed by atoms with E-state index in [0.29, 0.717) is 25.0 Å². The van der Waals surface area contributed by atoms with E-state index in [1.54, 1.807) is 0 Å². The number of aryl methyl sites for hydroxylation is 1. The van der Waals surface area contributed by atoms with Crippen LogP contribution >= 0.6 is 0 Å². The molecule has 2 unspecified atom stereocenters. The third-order valence-corrected chi connectivity index (χ3v) is 11.0. The first kappa shape index (κ1) is 32.1. The van der Waals surface area contributed by atoms with Crippen molar-refractivity contribution in [2.45, 2.75) is 127 Å². The molecule has 2 aromatic rings. The predicted molar refractivity (Wildman–Crippen MR) is 168 cm³/mol. The van der Waals surface area contributed by atoms with Gasteiger partial charge in [-0.25, -0.2) is 0 Å². The highest BCUT2D eigenvalue weighted by Crippen LogP contribution is 2.52. The van der Waals surface area contributed by atoms with Crippen LogP contribution in [0.25, 0.3) is 10.9 Å². The third-order valence-electron chi connectivity index (χ3n) is 11.0. The van der Waals surface area contributed by atoms with Gasteiger partial charge in [-0.3, -0.25) is 14.3 Å². The van der Waals surface area contributed by atoms with E-state index in [4.69, 9.17) is 9.47 Å². The maximum atomic E-state index is 14.0. The molecule has 4 aliphatic heterocycles. The normalized spacial score (nSPS) is 34.7. The van der Waals surface area contributed by atoms with Crippen molar-refractivity contribution in [3.63, 3.8) is 0 Å². The van der Waals surface area contributed by atoms with Crippen LogP contribution in [0.3, 0.4) is 0 Å². The number of fused-ring (bicyclic) bond motifs is 4. The summed E-state index contributed by atoms with van der Waals surface area (Å²) in [6.07, 6.45) is 4.85. The van der Waals surface area contributed by atoms with Crippen molar-refractivity contribution in [3.8, 4) is 0 Å². The smallest absolute Gasteiger partial charge is 0.231 e. The number of aliphatic hydroxyl groups is 4. The number of hydrogen-bond donors (Lipinski definition) is 4. The number of carbonyl (C=O) groups is 1. The summed E-state index contributed by atoms with van der Waals surface area (Å²) in [5.74, 6) is 2.17. The van der Waals surface area contributed by atoms with Gasteiger partial charge in [-0.1, -0.05) is 50.7 Å². The van der Waals surface area contributed by atoms with Gasteiger partial charge in [0.25, 0.3) is 0 Å². The fourth-order valence-electron chi connectivity index (χ4n) is 8.84. The molecular formula is C35H52N2O7. The van der Waals surface area contributed by atoms with Crippen molar-refractivity contribution in [2.24, 2.45) is 11.8 Å². The first-order valence-electron chi connectivity index (χ1n) is 17.2. The summed E-state index contributed by atoms with van der Waals surface area (Å²) in [4.78, 5) is 16.8. The molecule has 9 heteroatoms. The molecule has 5 heterocycles. The zero-order valence-corrected chi connectivity index (χ0v) is 26.4. The SMILES string of the molecule is CC[C@H]1C[C@H]2C[C@H]3c4c(c5cc(C)ccc5n4C(=O)CCCCCCCCO[C@H]4O[C@H](CO)[C@@H](O)[C@H](O)[C@H]4O)CCN(C2)C13. The molecule has 1 saturated carbocycles. The van der Waals surface area contributed by atoms with E-state index in [0.717, 1.165) is 68.8 Å². The van der Waals surface area contributed by atoms with Crippen LogP contribution in [0.15, 0.2) is 18.2 Å². The van der Waals surface area contributed by atoms with Crippen molar-refractivity contribution in [2.75, 3.05) is 26.3 Å². The van der Waals surface area contributed by atoms with Crippen molar-refractivity contribution in [1.82, 2.24) is 9.47 Å². The van der Waals surface area contributed by atoms with Crippen LogP contribution in [-0.4, -0.2) is 98.9 Å². The Labute approximate surface area is 261 Å². The highest BCUT2D eigenvalue weighted by molar-refractivity contribution is 5.96. The number of unbranched alkanes of at least 4 members (excludes halogenated alkanes) is 5. The third kappa shape index (κ3) is 6.14. The number of nitrogens with zero attached hydrogens (tertiary/aromatic N) is 2. The summed E-state index contributed by atoms with van der Waals surface area (Å²) in [5, 5.41) is 40.5. The Morgan fingerprint density at radius 1 is 1.02 bits per heavy atom. The van der Waals surface area contributed by atoms with Gasteiger partial charge < -0.3 is 29.9 Å². The topological polar surface area (TPSA) is 125 Å². The maximum Gasteiger partial charge on any atom is 0.231 e. The lowest BCUT2D eigenvalue weighted by molar-refractivity contribution is -0.301. The number of ether oxygens (including phenoxy) is 2. The van der Waals surface area contributed by atoms with E-state index >= 15 is 0 Å². The quantitative estimate of drug-likeness (QED) is 0.266. The van der Waals surface area contributed by atoms with Crippen molar-refractivity contribution < 1.29 is 34.7 Å². The van der Waals surface area contributed by atoms with Crippen LogP contribution in [0, 0.1) is 18.8 Å². The Balaban J connectivity index is 1.02. The van der Waals surface area contributed by atoms with E-state index in [9.17, 15) is 25.2 Å². The molecule has 44 heavy (non-hydrogen) atoms. The largest absolute Gasteiger partial charge is 0.394 e. The molecule has 9 nitrogen and oxygen atoms in total. The van der Waals surface area contributed by atoms with Crippen LogP contribution in [-0.2, 0) is 15.9 Å². The number of aromatic nitrogens is 1. The molecule has 0 radical (unpaired) electrons. The second kappa shape index (κ2) is 13.9. The molecule has 7 rings (SSSR count). The minimum atomic E-state index is -1.42. The van der Waals surface area contributed by atoms with E-state index in [2.05, 4.69) is 41.5 Å². The summed E-state index contributed by atoms with van der Waals surface area (Å²) in [5.41, 5.74) is 5.13. The van der Waals surface area contributed by atoms with Crippen molar-refractivity contribution in [3.05, 3.63) is 35.0 Å². The van der Waals surface area contributed by atoms with Gasteiger partial charge in [0.15, 0.2) is 6.29 Å².